The average molecular weight is 468 g/mol. The minimum Gasteiger partial charge on any atom is -0.361 e. The predicted molar refractivity (Wildman–Crippen MR) is 135 cm³/mol. The number of nitrogens with one attached hydrogen (secondary N) is 2. The van der Waals surface area contributed by atoms with Crippen molar-refractivity contribution < 1.29 is 8.42 Å². The van der Waals surface area contributed by atoms with Crippen LogP contribution in [-0.4, -0.2) is 30.5 Å². The molecular weight excluding hydrogens is 430 g/mol. The first kappa shape index (κ1) is 22.7. The Balaban J connectivity index is 1.35. The van der Waals surface area contributed by atoms with Crippen LogP contribution in [0.2, 0.25) is 0 Å². The molecule has 2 saturated carbocycles. The minimum absolute atomic E-state index is 0.163. The molecule has 0 radical (unpaired) electrons. The van der Waals surface area contributed by atoms with Crippen molar-refractivity contribution in [3.8, 4) is 0 Å². The van der Waals surface area contributed by atoms with Crippen LogP contribution in [0.3, 0.4) is 0 Å². The Morgan fingerprint density at radius 2 is 1.27 bits per heavy atom. The third kappa shape index (κ3) is 4.78. The van der Waals surface area contributed by atoms with Crippen molar-refractivity contribution >= 4 is 21.4 Å². The molecule has 0 bridgehead atoms. The molecule has 0 spiro atoms. The molecule has 1 aliphatic heterocycles. The van der Waals surface area contributed by atoms with Gasteiger partial charge in [0.05, 0.1) is 16.3 Å². The highest BCUT2D eigenvalue weighted by Crippen LogP contribution is 2.37. The van der Waals surface area contributed by atoms with E-state index >= 15 is 0 Å². The average Bonchev–Trinajstić information content (AvgIpc) is 3.16. The lowest BCUT2D eigenvalue weighted by Crippen LogP contribution is -2.48. The van der Waals surface area contributed by atoms with Crippen LogP contribution in [0.4, 0.5) is 11.4 Å². The molecule has 2 aromatic carbocycles. The van der Waals surface area contributed by atoms with Crippen LogP contribution in [0.25, 0.3) is 0 Å². The number of hydrogen-bond donors (Lipinski definition) is 2. The topological polar surface area (TPSA) is 61.4 Å². The van der Waals surface area contributed by atoms with E-state index in [4.69, 9.17) is 0 Å². The number of para-hydroxylation sites is 2. The van der Waals surface area contributed by atoms with E-state index in [9.17, 15) is 8.42 Å². The molecule has 2 aliphatic carbocycles. The summed E-state index contributed by atoms with van der Waals surface area (Å²) in [6.45, 7) is 2.14. The predicted octanol–water partition coefficient (Wildman–Crippen LogP) is 6.14. The fraction of sp³-hybridized carbons (Fsp3) is 0.556. The smallest absolute Gasteiger partial charge is 0.243 e. The first-order valence-corrected chi connectivity index (χ1v) is 14.2. The maximum absolute atomic E-state index is 13.9. The standard InChI is InChI=1S/C27H37N3O2S/c1-27(28-25-14-8-9-15-26(25)29-27)20-21-16-18-24(19-17-21)33(31,32)30(22-10-4-2-5-11-22)23-12-6-3-7-13-23/h8-9,14-19,22-23,28-29H,2-7,10-13,20H2,1H3. The van der Waals surface area contributed by atoms with Crippen LogP contribution in [0.5, 0.6) is 0 Å². The summed E-state index contributed by atoms with van der Waals surface area (Å²) in [5, 5.41) is 7.14. The molecule has 0 saturated heterocycles. The zero-order chi connectivity index (χ0) is 22.9. The van der Waals surface area contributed by atoms with Crippen LogP contribution in [0, 0.1) is 0 Å². The molecule has 6 heteroatoms. The zero-order valence-electron chi connectivity index (χ0n) is 19.7. The highest BCUT2D eigenvalue weighted by molar-refractivity contribution is 7.89. The molecule has 0 aromatic heterocycles. The lowest BCUT2D eigenvalue weighted by molar-refractivity contribution is 0.169. The van der Waals surface area contributed by atoms with Gasteiger partial charge in [0.25, 0.3) is 0 Å². The lowest BCUT2D eigenvalue weighted by atomic mass is 9.91. The third-order valence-corrected chi connectivity index (χ3v) is 9.69. The van der Waals surface area contributed by atoms with E-state index in [-0.39, 0.29) is 17.7 Å². The van der Waals surface area contributed by atoms with Gasteiger partial charge < -0.3 is 10.6 Å². The van der Waals surface area contributed by atoms with Crippen LogP contribution in [0.1, 0.15) is 76.7 Å². The van der Waals surface area contributed by atoms with Crippen LogP contribution >= 0.6 is 0 Å². The van der Waals surface area contributed by atoms with E-state index in [1.165, 1.54) is 12.8 Å². The van der Waals surface area contributed by atoms with E-state index in [2.05, 4.69) is 29.7 Å². The Morgan fingerprint density at radius 3 is 1.76 bits per heavy atom. The van der Waals surface area contributed by atoms with Gasteiger partial charge in [-0.2, -0.15) is 4.31 Å². The number of rotatable bonds is 6. The molecule has 2 aromatic rings. The van der Waals surface area contributed by atoms with Crippen molar-refractivity contribution in [1.29, 1.82) is 0 Å². The van der Waals surface area contributed by atoms with Gasteiger partial charge in [0.2, 0.25) is 10.0 Å². The SMILES string of the molecule is CC1(Cc2ccc(S(=O)(=O)N(C3CCCCC3)C3CCCCC3)cc2)Nc2ccccc2N1. The molecule has 1 heterocycles. The normalized spacial score (nSPS) is 21.4. The monoisotopic (exact) mass is 467 g/mol. The molecule has 178 valence electrons. The molecule has 3 aliphatic rings. The largest absolute Gasteiger partial charge is 0.361 e. The van der Waals surface area contributed by atoms with Crippen LogP contribution in [-0.2, 0) is 16.4 Å². The highest BCUT2D eigenvalue weighted by atomic mass is 32.2. The van der Waals surface area contributed by atoms with E-state index in [0.29, 0.717) is 4.90 Å². The van der Waals surface area contributed by atoms with Crippen molar-refractivity contribution in [3.63, 3.8) is 0 Å². The maximum Gasteiger partial charge on any atom is 0.243 e. The van der Waals surface area contributed by atoms with E-state index < -0.39 is 10.0 Å². The molecular formula is C27H37N3O2S. The maximum atomic E-state index is 13.9. The third-order valence-electron chi connectivity index (χ3n) is 7.67. The molecule has 5 rings (SSSR count). The second-order valence-corrected chi connectivity index (χ2v) is 12.2. The number of fused-ring (bicyclic) bond motifs is 1. The van der Waals surface area contributed by atoms with Crippen molar-refractivity contribution in [2.45, 2.75) is 100 Å². The van der Waals surface area contributed by atoms with Crippen LogP contribution < -0.4 is 10.6 Å². The Morgan fingerprint density at radius 1 is 0.788 bits per heavy atom. The van der Waals surface area contributed by atoms with Crippen molar-refractivity contribution in [1.82, 2.24) is 4.31 Å². The zero-order valence-corrected chi connectivity index (χ0v) is 20.5. The summed E-state index contributed by atoms with van der Waals surface area (Å²) in [4.78, 5) is 0.447. The van der Waals surface area contributed by atoms with Gasteiger partial charge in [-0.05, 0) is 62.4 Å². The Labute approximate surface area is 199 Å². The summed E-state index contributed by atoms with van der Waals surface area (Å²) in [6, 6.07) is 16.2. The number of hydrogen-bond acceptors (Lipinski definition) is 4. The number of nitrogens with zero attached hydrogens (tertiary/aromatic N) is 1. The van der Waals surface area contributed by atoms with Crippen molar-refractivity contribution in [2.24, 2.45) is 0 Å². The molecule has 0 amide bonds. The molecule has 33 heavy (non-hydrogen) atoms. The molecule has 2 fully saturated rings. The second-order valence-electron chi connectivity index (χ2n) is 10.4. The van der Waals surface area contributed by atoms with Crippen LogP contribution in [0.15, 0.2) is 53.4 Å². The van der Waals surface area contributed by atoms with Gasteiger partial charge >= 0.3 is 0 Å². The molecule has 2 N–H and O–H groups in total. The van der Waals surface area contributed by atoms with Gasteiger partial charge in [-0.3, -0.25) is 0 Å². The molecule has 0 unspecified atom stereocenters. The Bertz CT molecular complexity index is 1010. The van der Waals surface area contributed by atoms with Gasteiger partial charge in [0.15, 0.2) is 0 Å². The molecule has 5 nitrogen and oxygen atoms in total. The summed E-state index contributed by atoms with van der Waals surface area (Å²) < 4.78 is 29.7. The summed E-state index contributed by atoms with van der Waals surface area (Å²) in [5.74, 6) is 0. The van der Waals surface area contributed by atoms with Gasteiger partial charge in [0.1, 0.15) is 5.66 Å². The van der Waals surface area contributed by atoms with Gasteiger partial charge in [-0.1, -0.05) is 62.8 Å². The van der Waals surface area contributed by atoms with E-state index in [0.717, 1.165) is 74.7 Å². The Hall–Kier alpha value is -2.05. The Kier molecular flexibility index (Phi) is 6.41. The van der Waals surface area contributed by atoms with Crippen molar-refractivity contribution in [2.75, 3.05) is 10.6 Å². The number of anilines is 2. The first-order valence-electron chi connectivity index (χ1n) is 12.7. The number of sulfonamides is 1. The van der Waals surface area contributed by atoms with Crippen molar-refractivity contribution in [3.05, 3.63) is 54.1 Å². The minimum atomic E-state index is -3.50. The van der Waals surface area contributed by atoms with E-state index in [1.54, 1.807) is 0 Å². The second kappa shape index (κ2) is 9.30. The van der Waals surface area contributed by atoms with Gasteiger partial charge in [-0.25, -0.2) is 8.42 Å². The van der Waals surface area contributed by atoms with Gasteiger partial charge in [0, 0.05) is 18.5 Å². The van der Waals surface area contributed by atoms with Gasteiger partial charge in [-0.15, -0.1) is 0 Å². The fourth-order valence-electron chi connectivity index (χ4n) is 6.09. The fourth-order valence-corrected chi connectivity index (χ4v) is 8.02. The summed E-state index contributed by atoms with van der Waals surface area (Å²) in [5.41, 5.74) is 3.04. The molecule has 0 atom stereocenters. The van der Waals surface area contributed by atoms with E-state index in [1.807, 2.05) is 40.7 Å². The number of benzene rings is 2. The summed E-state index contributed by atoms with van der Waals surface area (Å²) in [7, 11) is -3.50. The highest BCUT2D eigenvalue weighted by Gasteiger charge is 2.38. The summed E-state index contributed by atoms with van der Waals surface area (Å²) >= 11 is 0. The summed E-state index contributed by atoms with van der Waals surface area (Å²) in [6.07, 6.45) is 11.8. The first-order chi connectivity index (χ1) is 15.9. The quantitative estimate of drug-likeness (QED) is 0.536. The lowest BCUT2D eigenvalue weighted by Gasteiger charge is -2.40.